The molecule has 1 heterocycles. The highest BCUT2D eigenvalue weighted by atomic mass is 16.6. The Labute approximate surface area is 153 Å². The van der Waals surface area contributed by atoms with E-state index >= 15 is 0 Å². The van der Waals surface area contributed by atoms with Crippen molar-refractivity contribution in [1.29, 1.82) is 0 Å². The molecule has 0 unspecified atom stereocenters. The molecule has 8 heteroatoms. The van der Waals surface area contributed by atoms with Crippen molar-refractivity contribution in [3.8, 4) is 0 Å². The van der Waals surface area contributed by atoms with Gasteiger partial charge in [0.05, 0.1) is 18.8 Å². The van der Waals surface area contributed by atoms with E-state index in [1.807, 2.05) is 6.92 Å². The fourth-order valence-electron chi connectivity index (χ4n) is 2.48. The highest BCUT2D eigenvalue weighted by Gasteiger charge is 2.24. The number of nitrogens with one attached hydrogen (secondary N) is 1. The normalized spacial score (nSPS) is 13.9. The van der Waals surface area contributed by atoms with Crippen molar-refractivity contribution in [1.82, 2.24) is 9.80 Å². The van der Waals surface area contributed by atoms with E-state index in [-0.39, 0.29) is 18.1 Å². The zero-order valence-electron chi connectivity index (χ0n) is 15.2. The first-order chi connectivity index (χ1) is 12.5. The Morgan fingerprint density at radius 2 is 1.58 bits per heavy atom. The molecule has 142 valence electrons. The van der Waals surface area contributed by atoms with Gasteiger partial charge in [0.15, 0.2) is 0 Å². The van der Waals surface area contributed by atoms with Gasteiger partial charge in [-0.15, -0.1) is 0 Å². The molecule has 2 rings (SSSR count). The number of piperazine rings is 1. The van der Waals surface area contributed by atoms with Gasteiger partial charge in [-0.2, -0.15) is 0 Å². The Kier molecular flexibility index (Phi) is 7.25. The molecule has 1 aliphatic heterocycles. The van der Waals surface area contributed by atoms with E-state index in [0.29, 0.717) is 50.6 Å². The van der Waals surface area contributed by atoms with Crippen molar-refractivity contribution < 1.29 is 23.9 Å². The second-order valence-electron chi connectivity index (χ2n) is 5.82. The SMILES string of the molecule is CCCOC(=O)c1ccc(NC(=O)N2CCN(C(=O)OCC)CC2)cc1. The summed E-state index contributed by atoms with van der Waals surface area (Å²) in [6, 6.07) is 6.32. The number of amides is 3. The number of urea groups is 1. The Balaban J connectivity index is 1.83. The summed E-state index contributed by atoms with van der Waals surface area (Å²) in [6.07, 6.45) is 0.418. The zero-order valence-corrected chi connectivity index (χ0v) is 15.2. The van der Waals surface area contributed by atoms with Gasteiger partial charge in [0.1, 0.15) is 0 Å². The first-order valence-corrected chi connectivity index (χ1v) is 8.80. The molecule has 8 nitrogen and oxygen atoms in total. The number of carbonyl (C=O) groups is 3. The number of hydrogen-bond donors (Lipinski definition) is 1. The molecule has 1 aromatic rings. The minimum Gasteiger partial charge on any atom is -0.462 e. The van der Waals surface area contributed by atoms with Gasteiger partial charge in [0, 0.05) is 31.9 Å². The van der Waals surface area contributed by atoms with Crippen LogP contribution in [0.3, 0.4) is 0 Å². The molecule has 0 saturated carbocycles. The summed E-state index contributed by atoms with van der Waals surface area (Å²) < 4.78 is 10.0. The Morgan fingerprint density at radius 1 is 0.962 bits per heavy atom. The number of ether oxygens (including phenoxy) is 2. The van der Waals surface area contributed by atoms with Gasteiger partial charge in [-0.25, -0.2) is 14.4 Å². The molecule has 1 saturated heterocycles. The predicted molar refractivity (Wildman–Crippen MR) is 96.2 cm³/mol. The predicted octanol–water partition coefficient (Wildman–Crippen LogP) is 2.56. The largest absolute Gasteiger partial charge is 0.462 e. The van der Waals surface area contributed by atoms with Crippen LogP contribution in [0, 0.1) is 0 Å². The molecule has 0 radical (unpaired) electrons. The van der Waals surface area contributed by atoms with Gasteiger partial charge in [-0.1, -0.05) is 6.92 Å². The molecule has 1 aromatic carbocycles. The third-order valence-corrected chi connectivity index (χ3v) is 3.90. The molecule has 0 spiro atoms. The third kappa shape index (κ3) is 5.37. The summed E-state index contributed by atoms with van der Waals surface area (Å²) in [5.74, 6) is -0.375. The molecule has 0 aromatic heterocycles. The number of carbonyl (C=O) groups excluding carboxylic acids is 3. The van der Waals surface area contributed by atoms with Crippen LogP contribution < -0.4 is 5.32 Å². The van der Waals surface area contributed by atoms with Gasteiger partial charge in [-0.05, 0) is 37.6 Å². The number of anilines is 1. The highest BCUT2D eigenvalue weighted by Crippen LogP contribution is 2.13. The van der Waals surface area contributed by atoms with Gasteiger partial charge in [0.2, 0.25) is 0 Å². The lowest BCUT2D eigenvalue weighted by Gasteiger charge is -2.34. The van der Waals surface area contributed by atoms with Gasteiger partial charge in [-0.3, -0.25) is 0 Å². The maximum Gasteiger partial charge on any atom is 0.409 e. The first-order valence-electron chi connectivity index (χ1n) is 8.80. The lowest BCUT2D eigenvalue weighted by atomic mass is 10.2. The summed E-state index contributed by atoms with van der Waals surface area (Å²) >= 11 is 0. The molecule has 1 aliphatic rings. The number of nitrogens with zero attached hydrogens (tertiary/aromatic N) is 2. The fourth-order valence-corrected chi connectivity index (χ4v) is 2.48. The molecule has 1 N–H and O–H groups in total. The van der Waals surface area contributed by atoms with Crippen LogP contribution in [0.25, 0.3) is 0 Å². The van der Waals surface area contributed by atoms with Crippen LogP contribution in [0.2, 0.25) is 0 Å². The van der Waals surface area contributed by atoms with E-state index < -0.39 is 0 Å². The topological polar surface area (TPSA) is 88.2 Å². The molecule has 0 bridgehead atoms. The number of esters is 1. The summed E-state index contributed by atoms with van der Waals surface area (Å²) in [6.45, 7) is 6.16. The van der Waals surface area contributed by atoms with E-state index in [2.05, 4.69) is 5.32 Å². The van der Waals surface area contributed by atoms with Crippen LogP contribution >= 0.6 is 0 Å². The van der Waals surface area contributed by atoms with Crippen molar-refractivity contribution in [2.45, 2.75) is 20.3 Å². The Bertz CT molecular complexity index is 624. The maximum atomic E-state index is 12.3. The van der Waals surface area contributed by atoms with Crippen molar-refractivity contribution >= 4 is 23.8 Å². The molecule has 1 fully saturated rings. The number of benzene rings is 1. The minimum atomic E-state index is -0.375. The fraction of sp³-hybridized carbons (Fsp3) is 0.500. The van der Waals surface area contributed by atoms with E-state index in [9.17, 15) is 14.4 Å². The Morgan fingerprint density at radius 3 is 2.15 bits per heavy atom. The maximum absolute atomic E-state index is 12.3. The zero-order chi connectivity index (χ0) is 18.9. The van der Waals surface area contributed by atoms with Crippen LogP contribution in [0.4, 0.5) is 15.3 Å². The molecule has 0 atom stereocenters. The summed E-state index contributed by atoms with van der Waals surface area (Å²) in [4.78, 5) is 39.0. The van der Waals surface area contributed by atoms with Crippen LogP contribution in [-0.2, 0) is 9.47 Å². The Hall–Kier alpha value is -2.77. The smallest absolute Gasteiger partial charge is 0.409 e. The van der Waals surface area contributed by atoms with E-state index in [0.717, 1.165) is 6.42 Å². The van der Waals surface area contributed by atoms with E-state index in [1.54, 1.807) is 41.0 Å². The second kappa shape index (κ2) is 9.65. The number of rotatable bonds is 5. The third-order valence-electron chi connectivity index (χ3n) is 3.90. The molecule has 26 heavy (non-hydrogen) atoms. The van der Waals surface area contributed by atoms with Gasteiger partial charge >= 0.3 is 18.1 Å². The van der Waals surface area contributed by atoms with E-state index in [4.69, 9.17) is 9.47 Å². The summed E-state index contributed by atoms with van der Waals surface area (Å²) in [5.41, 5.74) is 1.04. The lowest BCUT2D eigenvalue weighted by Crippen LogP contribution is -2.51. The highest BCUT2D eigenvalue weighted by molar-refractivity contribution is 5.92. The van der Waals surface area contributed by atoms with Crippen molar-refractivity contribution in [2.24, 2.45) is 0 Å². The monoisotopic (exact) mass is 363 g/mol. The number of hydrogen-bond acceptors (Lipinski definition) is 5. The first kappa shape index (κ1) is 19.6. The second-order valence-corrected chi connectivity index (χ2v) is 5.82. The molecule has 3 amide bonds. The van der Waals surface area contributed by atoms with Gasteiger partial charge in [0.25, 0.3) is 0 Å². The van der Waals surface area contributed by atoms with Crippen LogP contribution in [0.1, 0.15) is 30.6 Å². The van der Waals surface area contributed by atoms with Gasteiger partial charge < -0.3 is 24.6 Å². The average Bonchev–Trinajstić information content (AvgIpc) is 2.67. The van der Waals surface area contributed by atoms with Crippen molar-refractivity contribution in [2.75, 3.05) is 44.7 Å². The quantitative estimate of drug-likeness (QED) is 0.812. The molecular formula is C18H25N3O5. The van der Waals surface area contributed by atoms with Crippen LogP contribution in [0.5, 0.6) is 0 Å². The standard InChI is InChI=1S/C18H25N3O5/c1-3-13-26-16(22)14-5-7-15(8-6-14)19-17(23)20-9-11-21(12-10-20)18(24)25-4-2/h5-8H,3-4,9-13H2,1-2H3,(H,19,23). The van der Waals surface area contributed by atoms with Crippen LogP contribution in [0.15, 0.2) is 24.3 Å². The summed E-state index contributed by atoms with van der Waals surface area (Å²) in [5, 5.41) is 2.79. The molecule has 0 aliphatic carbocycles. The van der Waals surface area contributed by atoms with Crippen molar-refractivity contribution in [3.05, 3.63) is 29.8 Å². The average molecular weight is 363 g/mol. The lowest BCUT2D eigenvalue weighted by molar-refractivity contribution is 0.0505. The van der Waals surface area contributed by atoms with E-state index in [1.165, 1.54) is 0 Å². The summed E-state index contributed by atoms with van der Waals surface area (Å²) in [7, 11) is 0. The van der Waals surface area contributed by atoms with Crippen LogP contribution in [-0.4, -0.2) is 67.3 Å². The minimum absolute atomic E-state index is 0.241. The van der Waals surface area contributed by atoms with Crippen molar-refractivity contribution in [3.63, 3.8) is 0 Å². The molecular weight excluding hydrogens is 338 g/mol.